The largest absolute Gasteiger partial charge is 0.491 e. The van der Waals surface area contributed by atoms with Crippen molar-refractivity contribution in [3.05, 3.63) is 29.8 Å². The van der Waals surface area contributed by atoms with Crippen LogP contribution in [0.5, 0.6) is 5.75 Å². The van der Waals surface area contributed by atoms with Gasteiger partial charge in [0.1, 0.15) is 12.4 Å². The lowest BCUT2D eigenvalue weighted by Crippen LogP contribution is -2.30. The number of hydrogen-bond acceptors (Lipinski definition) is 3. The Kier molecular flexibility index (Phi) is 3.01. The predicted molar refractivity (Wildman–Crippen MR) is 54.4 cm³/mol. The van der Waals surface area contributed by atoms with E-state index in [0.717, 1.165) is 12.2 Å². The van der Waals surface area contributed by atoms with Gasteiger partial charge in [-0.3, -0.25) is 0 Å². The first-order valence-electron chi connectivity index (χ1n) is 4.92. The van der Waals surface area contributed by atoms with Gasteiger partial charge in [0.2, 0.25) is 0 Å². The monoisotopic (exact) mass is 193 g/mol. The standard InChI is InChI=1S/C11H15NO2/c12-5-6-13-10-7-9-3-1-2-4-11(9)14-8-10/h1-4,10H,5-8,12H2. The molecule has 1 aromatic rings. The lowest BCUT2D eigenvalue weighted by molar-refractivity contribution is 0.0154. The number of rotatable bonds is 3. The highest BCUT2D eigenvalue weighted by molar-refractivity contribution is 5.35. The highest BCUT2D eigenvalue weighted by Crippen LogP contribution is 2.24. The SMILES string of the molecule is NCCOC1COc2ccccc2C1. The van der Waals surface area contributed by atoms with Crippen molar-refractivity contribution < 1.29 is 9.47 Å². The maximum Gasteiger partial charge on any atom is 0.122 e. The van der Waals surface area contributed by atoms with Crippen LogP contribution in [0.4, 0.5) is 0 Å². The molecule has 0 aromatic heterocycles. The van der Waals surface area contributed by atoms with E-state index in [9.17, 15) is 0 Å². The predicted octanol–water partition coefficient (Wildman–Crippen LogP) is 0.965. The zero-order valence-electron chi connectivity index (χ0n) is 8.11. The Morgan fingerprint density at radius 3 is 3.14 bits per heavy atom. The molecule has 1 aliphatic rings. The van der Waals surface area contributed by atoms with Crippen LogP contribution in [0.25, 0.3) is 0 Å². The molecule has 0 spiro atoms. The van der Waals surface area contributed by atoms with Gasteiger partial charge in [-0.1, -0.05) is 18.2 Å². The van der Waals surface area contributed by atoms with Crippen molar-refractivity contribution in [1.29, 1.82) is 0 Å². The zero-order valence-corrected chi connectivity index (χ0v) is 8.11. The number of benzene rings is 1. The lowest BCUT2D eigenvalue weighted by atomic mass is 10.0. The molecule has 0 bridgehead atoms. The molecule has 0 aliphatic carbocycles. The van der Waals surface area contributed by atoms with E-state index in [2.05, 4.69) is 6.07 Å². The Morgan fingerprint density at radius 1 is 1.43 bits per heavy atom. The van der Waals surface area contributed by atoms with E-state index in [1.807, 2.05) is 18.2 Å². The van der Waals surface area contributed by atoms with Crippen molar-refractivity contribution in [3.8, 4) is 5.75 Å². The third-order valence-corrected chi connectivity index (χ3v) is 2.32. The highest BCUT2D eigenvalue weighted by Gasteiger charge is 2.19. The molecule has 0 saturated carbocycles. The second-order valence-corrected chi connectivity index (χ2v) is 3.40. The Balaban J connectivity index is 1.99. The molecule has 1 heterocycles. The number of ether oxygens (including phenoxy) is 2. The van der Waals surface area contributed by atoms with E-state index >= 15 is 0 Å². The summed E-state index contributed by atoms with van der Waals surface area (Å²) < 4.78 is 11.1. The molecule has 14 heavy (non-hydrogen) atoms. The van der Waals surface area contributed by atoms with Gasteiger partial charge in [0.05, 0.1) is 12.7 Å². The number of para-hydroxylation sites is 1. The molecule has 0 fully saturated rings. The maximum atomic E-state index is 5.57. The Morgan fingerprint density at radius 2 is 2.29 bits per heavy atom. The molecule has 2 N–H and O–H groups in total. The van der Waals surface area contributed by atoms with E-state index in [0.29, 0.717) is 19.8 Å². The minimum absolute atomic E-state index is 0.161. The first-order chi connectivity index (χ1) is 6.90. The molecule has 1 unspecified atom stereocenters. The second-order valence-electron chi connectivity index (χ2n) is 3.40. The summed E-state index contributed by atoms with van der Waals surface area (Å²) in [6.07, 6.45) is 1.09. The quantitative estimate of drug-likeness (QED) is 0.777. The smallest absolute Gasteiger partial charge is 0.122 e. The summed E-state index contributed by atoms with van der Waals surface area (Å²) in [5, 5.41) is 0. The average Bonchev–Trinajstić information content (AvgIpc) is 2.26. The van der Waals surface area contributed by atoms with Gasteiger partial charge < -0.3 is 15.2 Å². The van der Waals surface area contributed by atoms with Crippen LogP contribution in [0.2, 0.25) is 0 Å². The molecule has 1 atom stereocenters. The van der Waals surface area contributed by atoms with Crippen LogP contribution in [0.1, 0.15) is 5.56 Å². The van der Waals surface area contributed by atoms with Crippen LogP contribution in [0, 0.1) is 0 Å². The molecular weight excluding hydrogens is 178 g/mol. The fourth-order valence-electron chi connectivity index (χ4n) is 1.64. The molecule has 1 aromatic carbocycles. The minimum Gasteiger partial charge on any atom is -0.491 e. The van der Waals surface area contributed by atoms with Crippen molar-refractivity contribution in [2.45, 2.75) is 12.5 Å². The third kappa shape index (κ3) is 2.05. The molecule has 0 radical (unpaired) electrons. The summed E-state index contributed by atoms with van der Waals surface area (Å²) in [7, 11) is 0. The molecule has 1 aliphatic heterocycles. The van der Waals surface area contributed by atoms with Crippen molar-refractivity contribution in [3.63, 3.8) is 0 Å². The summed E-state index contributed by atoms with van der Waals surface area (Å²) in [6, 6.07) is 8.08. The fourth-order valence-corrected chi connectivity index (χ4v) is 1.64. The summed E-state index contributed by atoms with van der Waals surface area (Å²) in [4.78, 5) is 0. The number of hydrogen-bond donors (Lipinski definition) is 1. The van der Waals surface area contributed by atoms with E-state index in [1.54, 1.807) is 0 Å². The van der Waals surface area contributed by atoms with Gasteiger partial charge in [-0.2, -0.15) is 0 Å². The highest BCUT2D eigenvalue weighted by atomic mass is 16.5. The Bertz CT molecular complexity index is 301. The van der Waals surface area contributed by atoms with E-state index in [1.165, 1.54) is 5.56 Å². The number of fused-ring (bicyclic) bond motifs is 1. The van der Waals surface area contributed by atoms with Crippen molar-refractivity contribution in [1.82, 2.24) is 0 Å². The Labute approximate surface area is 83.8 Å². The average molecular weight is 193 g/mol. The number of nitrogens with two attached hydrogens (primary N) is 1. The van der Waals surface area contributed by atoms with Gasteiger partial charge in [-0.15, -0.1) is 0 Å². The Hall–Kier alpha value is -1.06. The fraction of sp³-hybridized carbons (Fsp3) is 0.455. The lowest BCUT2D eigenvalue weighted by Gasteiger charge is -2.25. The molecule has 0 amide bonds. The van der Waals surface area contributed by atoms with Crippen molar-refractivity contribution in [2.24, 2.45) is 5.73 Å². The van der Waals surface area contributed by atoms with Crippen molar-refractivity contribution in [2.75, 3.05) is 19.8 Å². The minimum atomic E-state index is 0.161. The van der Waals surface area contributed by atoms with Crippen LogP contribution in [0.15, 0.2) is 24.3 Å². The van der Waals surface area contributed by atoms with Gasteiger partial charge in [0.15, 0.2) is 0 Å². The zero-order chi connectivity index (χ0) is 9.80. The van der Waals surface area contributed by atoms with E-state index in [4.69, 9.17) is 15.2 Å². The van der Waals surface area contributed by atoms with Gasteiger partial charge in [0, 0.05) is 13.0 Å². The molecule has 2 rings (SSSR count). The van der Waals surface area contributed by atoms with Gasteiger partial charge in [-0.05, 0) is 11.6 Å². The molecule has 76 valence electrons. The molecule has 3 nitrogen and oxygen atoms in total. The van der Waals surface area contributed by atoms with Crippen LogP contribution < -0.4 is 10.5 Å². The van der Waals surface area contributed by atoms with Gasteiger partial charge >= 0.3 is 0 Å². The summed E-state index contributed by atoms with van der Waals surface area (Å²) in [5.74, 6) is 0.986. The van der Waals surface area contributed by atoms with Crippen LogP contribution in [-0.2, 0) is 11.2 Å². The molecule has 3 heteroatoms. The normalized spacial score (nSPS) is 19.9. The topological polar surface area (TPSA) is 44.5 Å². The summed E-state index contributed by atoms with van der Waals surface area (Å²) in [6.45, 7) is 1.81. The summed E-state index contributed by atoms with van der Waals surface area (Å²) in [5.41, 5.74) is 6.60. The summed E-state index contributed by atoms with van der Waals surface area (Å²) >= 11 is 0. The first-order valence-corrected chi connectivity index (χ1v) is 4.92. The van der Waals surface area contributed by atoms with Gasteiger partial charge in [-0.25, -0.2) is 0 Å². The third-order valence-electron chi connectivity index (χ3n) is 2.32. The van der Waals surface area contributed by atoms with Crippen LogP contribution in [-0.4, -0.2) is 25.9 Å². The van der Waals surface area contributed by atoms with E-state index in [-0.39, 0.29) is 6.10 Å². The maximum absolute atomic E-state index is 5.57. The molecule has 0 saturated heterocycles. The van der Waals surface area contributed by atoms with E-state index < -0.39 is 0 Å². The first kappa shape index (κ1) is 9.49. The second kappa shape index (κ2) is 4.44. The van der Waals surface area contributed by atoms with Crippen LogP contribution >= 0.6 is 0 Å². The molecular formula is C11H15NO2. The van der Waals surface area contributed by atoms with Crippen molar-refractivity contribution >= 4 is 0 Å². The van der Waals surface area contributed by atoms with Gasteiger partial charge in [0.25, 0.3) is 0 Å². The van der Waals surface area contributed by atoms with Crippen LogP contribution in [0.3, 0.4) is 0 Å².